The van der Waals surface area contributed by atoms with E-state index in [4.69, 9.17) is 49.4 Å². The number of ether oxygens (including phenoxy) is 2. The molecule has 6 heteroatoms. The largest absolute Gasteiger partial charge is 0.490 e. The number of hydrogen-bond donors (Lipinski definition) is 1. The van der Waals surface area contributed by atoms with Crippen LogP contribution in [0.3, 0.4) is 0 Å². The van der Waals surface area contributed by atoms with Crippen LogP contribution in [-0.2, 0) is 0 Å². The van der Waals surface area contributed by atoms with E-state index in [1.54, 1.807) is 25.1 Å². The van der Waals surface area contributed by atoms with Crippen molar-refractivity contribution in [2.75, 3.05) is 19.8 Å². The molecule has 0 saturated heterocycles. The molecule has 0 aliphatic carbocycles. The third-order valence-corrected chi connectivity index (χ3v) is 3.10. The molecular weight excluding hydrogens is 323 g/mol. The van der Waals surface area contributed by atoms with Crippen molar-refractivity contribution < 1.29 is 14.6 Å². The van der Waals surface area contributed by atoms with Gasteiger partial charge in [-0.05, 0) is 25.8 Å². The van der Waals surface area contributed by atoms with E-state index in [2.05, 4.69) is 0 Å². The van der Waals surface area contributed by atoms with Crippen LogP contribution in [0.4, 0.5) is 0 Å². The number of aliphatic hydroxyl groups is 1. The van der Waals surface area contributed by atoms with Crippen LogP contribution in [0.2, 0.25) is 10.0 Å². The summed E-state index contributed by atoms with van der Waals surface area (Å²) in [5.74, 6) is 0.986. The summed E-state index contributed by atoms with van der Waals surface area (Å²) in [5.41, 5.74) is 0. The highest BCUT2D eigenvalue weighted by atomic mass is 35.5. The summed E-state index contributed by atoms with van der Waals surface area (Å²) in [6.45, 7) is 2.71. The van der Waals surface area contributed by atoms with E-state index >= 15 is 0 Å². The molecular formula is C14H17Cl3O3. The van der Waals surface area contributed by atoms with Crippen LogP contribution in [0.5, 0.6) is 11.5 Å². The van der Waals surface area contributed by atoms with Crippen molar-refractivity contribution in [1.82, 2.24) is 0 Å². The standard InChI is InChI=1S/C14H17Cl3O3/c1-10(15)4-7-19-11-8-12(16)14(13(17)9-11)20-6-3-2-5-18/h4,8-9,18H,2-3,5-7H2,1H3/b10-4-. The van der Waals surface area contributed by atoms with Gasteiger partial charge in [0.2, 0.25) is 0 Å². The summed E-state index contributed by atoms with van der Waals surface area (Å²) < 4.78 is 11.0. The molecule has 1 N–H and O–H groups in total. The highest BCUT2D eigenvalue weighted by Gasteiger charge is 2.10. The molecule has 0 aliphatic heterocycles. The van der Waals surface area contributed by atoms with Gasteiger partial charge in [0.25, 0.3) is 0 Å². The first-order valence-corrected chi connectivity index (χ1v) is 7.35. The summed E-state index contributed by atoms with van der Waals surface area (Å²) >= 11 is 17.9. The Morgan fingerprint density at radius 2 is 1.85 bits per heavy atom. The van der Waals surface area contributed by atoms with Gasteiger partial charge in [-0.2, -0.15) is 0 Å². The third kappa shape index (κ3) is 6.23. The molecule has 0 atom stereocenters. The van der Waals surface area contributed by atoms with E-state index < -0.39 is 0 Å². The maximum Gasteiger partial charge on any atom is 0.156 e. The SMILES string of the molecule is C/C(Cl)=C/COc1cc(Cl)c(OCCCCO)c(Cl)c1. The van der Waals surface area contributed by atoms with Gasteiger partial charge < -0.3 is 14.6 Å². The van der Waals surface area contributed by atoms with Crippen LogP contribution >= 0.6 is 34.8 Å². The Morgan fingerprint density at radius 1 is 1.20 bits per heavy atom. The fourth-order valence-corrected chi connectivity index (χ4v) is 2.04. The van der Waals surface area contributed by atoms with Crippen LogP contribution in [0.15, 0.2) is 23.2 Å². The third-order valence-electron chi connectivity index (χ3n) is 2.39. The fraction of sp³-hybridized carbons (Fsp3) is 0.429. The molecule has 1 aromatic rings. The highest BCUT2D eigenvalue weighted by Crippen LogP contribution is 2.37. The molecule has 3 nitrogen and oxygen atoms in total. The lowest BCUT2D eigenvalue weighted by Crippen LogP contribution is -2.00. The predicted molar refractivity (Wildman–Crippen MR) is 83.4 cm³/mol. The van der Waals surface area contributed by atoms with Gasteiger partial charge in [0.15, 0.2) is 5.75 Å². The number of unbranched alkanes of at least 4 members (excludes halogenated alkanes) is 1. The minimum absolute atomic E-state index is 0.144. The summed E-state index contributed by atoms with van der Waals surface area (Å²) in [5, 5.41) is 10.1. The van der Waals surface area contributed by atoms with Crippen LogP contribution in [0.1, 0.15) is 19.8 Å². The number of benzene rings is 1. The van der Waals surface area contributed by atoms with Crippen molar-refractivity contribution >= 4 is 34.8 Å². The van der Waals surface area contributed by atoms with Crippen LogP contribution in [-0.4, -0.2) is 24.9 Å². The van der Waals surface area contributed by atoms with Crippen molar-refractivity contribution in [3.63, 3.8) is 0 Å². The normalized spacial score (nSPS) is 11.6. The van der Waals surface area contributed by atoms with Gasteiger partial charge in [-0.25, -0.2) is 0 Å². The first-order valence-electron chi connectivity index (χ1n) is 6.22. The lowest BCUT2D eigenvalue weighted by atomic mass is 10.3. The molecule has 1 rings (SSSR count). The Labute approximate surface area is 134 Å². The molecule has 20 heavy (non-hydrogen) atoms. The Hall–Kier alpha value is -0.610. The molecule has 0 unspecified atom stereocenters. The first kappa shape index (κ1) is 17.4. The average molecular weight is 340 g/mol. The highest BCUT2D eigenvalue weighted by molar-refractivity contribution is 6.37. The molecule has 0 bridgehead atoms. The molecule has 0 aromatic heterocycles. The summed E-state index contributed by atoms with van der Waals surface area (Å²) in [7, 11) is 0. The Kier molecular flexibility index (Phi) is 8.15. The second-order valence-corrected chi connectivity index (χ2v) is 5.51. The molecule has 0 amide bonds. The number of halogens is 3. The van der Waals surface area contributed by atoms with Gasteiger partial charge in [0.05, 0.1) is 16.7 Å². The molecule has 1 aromatic carbocycles. The molecule has 0 saturated carbocycles. The smallest absolute Gasteiger partial charge is 0.156 e. The van der Waals surface area contributed by atoms with E-state index in [9.17, 15) is 0 Å². The van der Waals surface area contributed by atoms with Crippen LogP contribution < -0.4 is 9.47 Å². The predicted octanol–water partition coefficient (Wildman–Crippen LogP) is 4.67. The summed E-state index contributed by atoms with van der Waals surface area (Å²) in [4.78, 5) is 0. The average Bonchev–Trinajstić information content (AvgIpc) is 2.36. The maximum atomic E-state index is 8.69. The molecule has 112 valence electrons. The van der Waals surface area contributed by atoms with Crippen LogP contribution in [0, 0.1) is 0 Å². The van der Waals surface area contributed by atoms with Gasteiger partial charge in [0.1, 0.15) is 12.4 Å². The Bertz CT molecular complexity index is 434. The molecule has 0 spiro atoms. The van der Waals surface area contributed by atoms with Gasteiger partial charge >= 0.3 is 0 Å². The molecule has 0 aliphatic rings. The van der Waals surface area contributed by atoms with E-state index in [1.165, 1.54) is 0 Å². The number of hydrogen-bond acceptors (Lipinski definition) is 3. The Balaban J connectivity index is 2.63. The minimum atomic E-state index is 0.144. The second kappa shape index (κ2) is 9.35. The van der Waals surface area contributed by atoms with Gasteiger partial charge in [0, 0.05) is 23.8 Å². The summed E-state index contributed by atoms with van der Waals surface area (Å²) in [6.07, 6.45) is 3.16. The molecule has 0 heterocycles. The first-order chi connectivity index (χ1) is 9.54. The molecule has 0 fully saturated rings. The van der Waals surface area contributed by atoms with Crippen molar-refractivity contribution in [2.45, 2.75) is 19.8 Å². The van der Waals surface area contributed by atoms with Crippen LogP contribution in [0.25, 0.3) is 0 Å². The van der Waals surface area contributed by atoms with Crippen molar-refractivity contribution in [3.05, 3.63) is 33.3 Å². The number of rotatable bonds is 8. The monoisotopic (exact) mass is 338 g/mol. The quantitative estimate of drug-likeness (QED) is 0.700. The lowest BCUT2D eigenvalue weighted by molar-refractivity contribution is 0.253. The van der Waals surface area contributed by atoms with Gasteiger partial charge in [-0.15, -0.1) is 0 Å². The lowest BCUT2D eigenvalue weighted by Gasteiger charge is -2.12. The topological polar surface area (TPSA) is 38.7 Å². The van der Waals surface area contributed by atoms with E-state index in [0.29, 0.717) is 46.2 Å². The maximum absolute atomic E-state index is 8.69. The van der Waals surface area contributed by atoms with E-state index in [1.807, 2.05) is 0 Å². The van der Waals surface area contributed by atoms with Crippen molar-refractivity contribution in [3.8, 4) is 11.5 Å². The zero-order valence-corrected chi connectivity index (χ0v) is 13.4. The molecule has 0 radical (unpaired) electrons. The van der Waals surface area contributed by atoms with Crippen molar-refractivity contribution in [1.29, 1.82) is 0 Å². The van der Waals surface area contributed by atoms with Gasteiger partial charge in [-0.1, -0.05) is 34.8 Å². The van der Waals surface area contributed by atoms with E-state index in [-0.39, 0.29) is 6.61 Å². The Morgan fingerprint density at radius 3 is 2.40 bits per heavy atom. The zero-order chi connectivity index (χ0) is 15.0. The second-order valence-electron chi connectivity index (χ2n) is 4.10. The van der Waals surface area contributed by atoms with Crippen molar-refractivity contribution in [2.24, 2.45) is 0 Å². The van der Waals surface area contributed by atoms with Gasteiger partial charge in [-0.3, -0.25) is 0 Å². The minimum Gasteiger partial charge on any atom is -0.490 e. The fourth-order valence-electron chi connectivity index (χ4n) is 1.40. The van der Waals surface area contributed by atoms with E-state index in [0.717, 1.165) is 6.42 Å². The number of allylic oxidation sites excluding steroid dienone is 1. The number of aliphatic hydroxyl groups excluding tert-OH is 1. The summed E-state index contributed by atoms with van der Waals surface area (Å²) in [6, 6.07) is 3.29. The zero-order valence-electron chi connectivity index (χ0n) is 11.2.